The van der Waals surface area contributed by atoms with Crippen LogP contribution in [-0.4, -0.2) is 41.8 Å². The minimum Gasteiger partial charge on any atom is -0.500 e. The predicted molar refractivity (Wildman–Crippen MR) is 166 cm³/mol. The molecule has 1 fully saturated rings. The van der Waals surface area contributed by atoms with Crippen LogP contribution in [-0.2, 0) is 29.5 Å². The maximum Gasteiger partial charge on any atom is 0.180 e. The Bertz CT molecular complexity index is 1330. The second-order valence-corrected chi connectivity index (χ2v) is 12.7. The third-order valence-electron chi connectivity index (χ3n) is 9.03. The van der Waals surface area contributed by atoms with Crippen molar-refractivity contribution in [2.45, 2.75) is 99.4 Å². The molecule has 228 valence electrons. The van der Waals surface area contributed by atoms with Crippen LogP contribution in [0.15, 0.2) is 76.1 Å². The van der Waals surface area contributed by atoms with Crippen molar-refractivity contribution < 1.29 is 29.0 Å². The monoisotopic (exact) mass is 576 g/mol. The van der Waals surface area contributed by atoms with Crippen molar-refractivity contribution in [1.82, 2.24) is 0 Å². The summed E-state index contributed by atoms with van der Waals surface area (Å²) >= 11 is 0. The molecule has 6 atom stereocenters. The number of allylic oxidation sites excluding steroid dienone is 6. The maximum atomic E-state index is 15.3. The van der Waals surface area contributed by atoms with Crippen LogP contribution in [0.2, 0.25) is 0 Å². The summed E-state index contributed by atoms with van der Waals surface area (Å²) in [5.41, 5.74) is 0.793. The lowest BCUT2D eigenvalue weighted by Crippen LogP contribution is -2.62. The van der Waals surface area contributed by atoms with Crippen LogP contribution >= 0.6 is 0 Å². The van der Waals surface area contributed by atoms with Crippen LogP contribution in [0.3, 0.4) is 0 Å². The van der Waals surface area contributed by atoms with Gasteiger partial charge in [0.1, 0.15) is 11.7 Å². The van der Waals surface area contributed by atoms with E-state index in [1.807, 2.05) is 61.5 Å². The molecule has 42 heavy (non-hydrogen) atoms. The molecule has 1 heterocycles. The fourth-order valence-electron chi connectivity index (χ4n) is 6.24. The first kappa shape index (κ1) is 33.4. The van der Waals surface area contributed by atoms with Crippen molar-refractivity contribution >= 4 is 17.3 Å². The van der Waals surface area contributed by atoms with E-state index < -0.39 is 46.6 Å². The Kier molecular flexibility index (Phi) is 10.4. The number of carbonyl (C=O) groups is 3. The predicted octanol–water partition coefficient (Wildman–Crippen LogP) is 6.98. The Labute approximate surface area is 251 Å². The first-order valence-electron chi connectivity index (χ1n) is 14.9. The average molecular weight is 577 g/mol. The largest absolute Gasteiger partial charge is 0.500 e. The van der Waals surface area contributed by atoms with Gasteiger partial charge in [-0.1, -0.05) is 71.7 Å². The van der Waals surface area contributed by atoms with Crippen molar-refractivity contribution in [1.29, 1.82) is 0 Å². The number of ether oxygens (including phenoxy) is 2. The Morgan fingerprint density at radius 3 is 2.10 bits per heavy atom. The van der Waals surface area contributed by atoms with Gasteiger partial charge in [-0.25, -0.2) is 0 Å². The van der Waals surface area contributed by atoms with Crippen LogP contribution in [0.25, 0.3) is 0 Å². The van der Waals surface area contributed by atoms with Gasteiger partial charge in [0.25, 0.3) is 0 Å². The zero-order valence-electron chi connectivity index (χ0n) is 27.0. The van der Waals surface area contributed by atoms with Crippen LogP contribution in [0.1, 0.15) is 87.1 Å². The third-order valence-corrected chi connectivity index (χ3v) is 9.03. The summed E-state index contributed by atoms with van der Waals surface area (Å²) in [7, 11) is 1.39. The number of hydrogen-bond donors (Lipinski definition) is 1. The van der Waals surface area contributed by atoms with Crippen molar-refractivity contribution in [2.24, 2.45) is 17.3 Å². The van der Waals surface area contributed by atoms with E-state index in [-0.39, 0.29) is 29.1 Å². The molecule has 0 saturated carbocycles. The topological polar surface area (TPSA) is 89.9 Å². The van der Waals surface area contributed by atoms with Gasteiger partial charge < -0.3 is 14.6 Å². The lowest BCUT2D eigenvalue weighted by molar-refractivity contribution is -0.182. The van der Waals surface area contributed by atoms with E-state index in [0.29, 0.717) is 12.8 Å². The number of methoxy groups -OCH3 is 1. The molecule has 3 rings (SSSR count). The van der Waals surface area contributed by atoms with Crippen LogP contribution in [0, 0.1) is 17.3 Å². The molecule has 6 unspecified atom stereocenters. The fourth-order valence-corrected chi connectivity index (χ4v) is 6.24. The molecule has 1 aliphatic heterocycles. The SMILES string of the molecule is COC1=C(C(O)(C(C)=O)c2ccccc2)C(=O)C(CC=C(C)C)(CC(CC=C(C)C)=C(C)C)C2OC(C)C(C)C(=O)C12. The van der Waals surface area contributed by atoms with Crippen LogP contribution in [0.5, 0.6) is 0 Å². The summed E-state index contributed by atoms with van der Waals surface area (Å²) in [6, 6.07) is 8.45. The van der Waals surface area contributed by atoms with E-state index in [1.165, 1.54) is 14.0 Å². The van der Waals surface area contributed by atoms with E-state index >= 15 is 4.79 Å². The normalized spacial score (nSPS) is 27.0. The van der Waals surface area contributed by atoms with E-state index in [4.69, 9.17) is 9.47 Å². The number of hydrogen-bond acceptors (Lipinski definition) is 6. The number of ketones is 3. The quantitative estimate of drug-likeness (QED) is 0.302. The fraction of sp³-hybridized carbons (Fsp3) is 0.528. The minimum absolute atomic E-state index is 0.0196. The molecule has 1 aromatic rings. The third kappa shape index (κ3) is 6.02. The van der Waals surface area contributed by atoms with E-state index in [9.17, 15) is 14.7 Å². The number of carbonyl (C=O) groups excluding carboxylic acids is 3. The maximum absolute atomic E-state index is 15.3. The molecule has 1 aromatic carbocycles. The summed E-state index contributed by atoms with van der Waals surface area (Å²) in [6.07, 6.45) is 4.08. The number of fused-ring (bicyclic) bond motifs is 1. The van der Waals surface area contributed by atoms with E-state index in [2.05, 4.69) is 6.08 Å². The summed E-state index contributed by atoms with van der Waals surface area (Å²) in [4.78, 5) is 42.9. The Hall–Kier alpha value is -3.09. The second-order valence-electron chi connectivity index (χ2n) is 12.7. The molecule has 0 spiro atoms. The number of rotatable bonds is 10. The Morgan fingerprint density at radius 2 is 1.60 bits per heavy atom. The number of benzene rings is 1. The van der Waals surface area contributed by atoms with Crippen molar-refractivity contribution in [3.63, 3.8) is 0 Å². The van der Waals surface area contributed by atoms with Crippen LogP contribution in [0.4, 0.5) is 0 Å². The number of Topliss-reactive ketones (excluding diaryl/α,β-unsaturated/α-hetero) is 3. The van der Waals surface area contributed by atoms with Gasteiger partial charge in [-0.05, 0) is 80.2 Å². The summed E-state index contributed by atoms with van der Waals surface area (Å²) in [5.74, 6) is -2.59. The summed E-state index contributed by atoms with van der Waals surface area (Å²) in [5, 5.41) is 12.4. The number of aliphatic hydroxyl groups is 1. The van der Waals surface area contributed by atoms with Gasteiger partial charge in [-0.2, -0.15) is 0 Å². The first-order valence-corrected chi connectivity index (χ1v) is 14.9. The molecule has 0 bridgehead atoms. The highest BCUT2D eigenvalue weighted by Gasteiger charge is 2.64. The Balaban J connectivity index is 2.49. The highest BCUT2D eigenvalue weighted by Crippen LogP contribution is 2.55. The zero-order valence-corrected chi connectivity index (χ0v) is 27.0. The molecular formula is C36H48O6. The van der Waals surface area contributed by atoms with Gasteiger partial charge >= 0.3 is 0 Å². The van der Waals surface area contributed by atoms with Crippen molar-refractivity contribution in [2.75, 3.05) is 7.11 Å². The summed E-state index contributed by atoms with van der Waals surface area (Å²) in [6.45, 7) is 17.0. The smallest absolute Gasteiger partial charge is 0.180 e. The Morgan fingerprint density at radius 1 is 1.00 bits per heavy atom. The van der Waals surface area contributed by atoms with E-state index in [1.54, 1.807) is 30.3 Å². The molecule has 6 heteroatoms. The highest BCUT2D eigenvalue weighted by atomic mass is 16.5. The molecule has 1 saturated heterocycles. The lowest BCUT2D eigenvalue weighted by atomic mass is 9.56. The molecule has 1 aliphatic carbocycles. The zero-order chi connectivity index (χ0) is 31.6. The molecular weight excluding hydrogens is 528 g/mol. The van der Waals surface area contributed by atoms with Gasteiger partial charge in [0, 0.05) is 5.92 Å². The molecule has 0 amide bonds. The minimum atomic E-state index is -2.32. The highest BCUT2D eigenvalue weighted by molar-refractivity contribution is 6.11. The average Bonchev–Trinajstić information content (AvgIpc) is 2.93. The summed E-state index contributed by atoms with van der Waals surface area (Å²) < 4.78 is 12.5. The standard InChI is InChI=1S/C36H48O6/c1-21(2)16-17-27(23(5)6)20-35(19-18-22(3)4)33(39)30(36(40,26(9)37)28-14-12-11-13-15-28)32(41-10)29-31(38)24(7)25(8)42-34(29)35/h11-16,18,24-25,29,34,40H,17,19-20H2,1-10H3. The van der Waals surface area contributed by atoms with Crippen LogP contribution < -0.4 is 0 Å². The molecule has 6 nitrogen and oxygen atoms in total. The first-order chi connectivity index (χ1) is 19.6. The molecule has 1 N–H and O–H groups in total. The second kappa shape index (κ2) is 13.0. The van der Waals surface area contributed by atoms with Gasteiger partial charge in [0.05, 0.1) is 30.3 Å². The molecule has 0 radical (unpaired) electrons. The molecule has 2 aliphatic rings. The van der Waals surface area contributed by atoms with E-state index in [0.717, 1.165) is 22.3 Å². The van der Waals surface area contributed by atoms with Gasteiger partial charge in [0.2, 0.25) is 0 Å². The van der Waals surface area contributed by atoms with Gasteiger partial charge in [-0.3, -0.25) is 14.4 Å². The molecule has 0 aromatic heterocycles. The van der Waals surface area contributed by atoms with Crippen molar-refractivity contribution in [3.05, 3.63) is 81.7 Å². The van der Waals surface area contributed by atoms with Gasteiger partial charge in [-0.15, -0.1) is 0 Å². The van der Waals surface area contributed by atoms with Crippen molar-refractivity contribution in [3.8, 4) is 0 Å². The lowest BCUT2D eigenvalue weighted by Gasteiger charge is -2.52. The van der Waals surface area contributed by atoms with Gasteiger partial charge in [0.15, 0.2) is 23.0 Å².